The van der Waals surface area contributed by atoms with E-state index in [1.54, 1.807) is 0 Å². The lowest BCUT2D eigenvalue weighted by Gasteiger charge is -2.34. The van der Waals surface area contributed by atoms with Crippen LogP contribution in [0.5, 0.6) is 0 Å². The number of carbonyl (C=O) groups is 1. The van der Waals surface area contributed by atoms with Gasteiger partial charge in [-0.2, -0.15) is 0 Å². The van der Waals surface area contributed by atoms with Gasteiger partial charge in [-0.15, -0.1) is 0 Å². The van der Waals surface area contributed by atoms with Gasteiger partial charge in [0.15, 0.2) is 0 Å². The van der Waals surface area contributed by atoms with E-state index in [0.717, 1.165) is 43.3 Å². The molecule has 1 saturated heterocycles. The maximum atomic E-state index is 12.5. The lowest BCUT2D eigenvalue weighted by atomic mass is 9.86. The van der Waals surface area contributed by atoms with E-state index in [0.29, 0.717) is 0 Å². The van der Waals surface area contributed by atoms with Gasteiger partial charge in [0.2, 0.25) is 0 Å². The van der Waals surface area contributed by atoms with Crippen LogP contribution in [0.3, 0.4) is 0 Å². The van der Waals surface area contributed by atoms with Gasteiger partial charge in [-0.05, 0) is 61.8 Å². The summed E-state index contributed by atoms with van der Waals surface area (Å²) in [5.41, 5.74) is 3.28. The first-order chi connectivity index (χ1) is 8.99. The summed E-state index contributed by atoms with van der Waals surface area (Å²) >= 11 is 0. The maximum absolute atomic E-state index is 12.5. The Morgan fingerprint density at radius 2 is 1.79 bits per heavy atom. The Balaban J connectivity index is 2.03. The van der Waals surface area contributed by atoms with Gasteiger partial charge in [-0.3, -0.25) is 4.79 Å². The molecule has 1 aromatic carbocycles. The number of aryl methyl sites for hydroxylation is 2. The molecule has 1 fully saturated rings. The molecule has 19 heavy (non-hydrogen) atoms. The van der Waals surface area contributed by atoms with Crippen LogP contribution in [0.25, 0.3) is 0 Å². The Hall–Kier alpha value is -1.31. The van der Waals surface area contributed by atoms with E-state index in [1.807, 2.05) is 23.1 Å². The van der Waals surface area contributed by atoms with Crippen LogP contribution in [-0.4, -0.2) is 23.9 Å². The standard InChI is InChI=1S/C17H25NO/c1-12(2)15-7-9-18(10-8-15)17(19)16-6-5-13(3)14(4)11-16/h5-6,11-12,15H,7-10H2,1-4H3. The molecule has 0 saturated carbocycles. The molecule has 0 spiro atoms. The van der Waals surface area contributed by atoms with Crippen LogP contribution in [0.4, 0.5) is 0 Å². The van der Waals surface area contributed by atoms with Crippen molar-refractivity contribution in [1.82, 2.24) is 4.90 Å². The molecule has 0 atom stereocenters. The van der Waals surface area contributed by atoms with Crippen molar-refractivity contribution < 1.29 is 4.79 Å². The van der Waals surface area contributed by atoms with Crippen LogP contribution in [0.1, 0.15) is 48.2 Å². The van der Waals surface area contributed by atoms with Gasteiger partial charge in [0, 0.05) is 18.7 Å². The molecule has 104 valence electrons. The minimum absolute atomic E-state index is 0.199. The molecule has 0 aromatic heterocycles. The maximum Gasteiger partial charge on any atom is 0.253 e. The summed E-state index contributed by atoms with van der Waals surface area (Å²) in [6.07, 6.45) is 2.29. The summed E-state index contributed by atoms with van der Waals surface area (Å²) in [4.78, 5) is 14.5. The van der Waals surface area contributed by atoms with Crippen LogP contribution in [0.2, 0.25) is 0 Å². The van der Waals surface area contributed by atoms with Crippen molar-refractivity contribution in [2.45, 2.75) is 40.5 Å². The number of carbonyl (C=O) groups excluding carboxylic acids is 1. The normalized spacial score (nSPS) is 17.0. The van der Waals surface area contributed by atoms with Crippen molar-refractivity contribution >= 4 is 5.91 Å². The summed E-state index contributed by atoms with van der Waals surface area (Å²) in [5, 5.41) is 0. The highest BCUT2D eigenvalue weighted by Crippen LogP contribution is 2.25. The van der Waals surface area contributed by atoms with Crippen molar-refractivity contribution in [2.24, 2.45) is 11.8 Å². The van der Waals surface area contributed by atoms with Gasteiger partial charge < -0.3 is 4.90 Å². The third kappa shape index (κ3) is 3.17. The van der Waals surface area contributed by atoms with Gasteiger partial charge in [0.25, 0.3) is 5.91 Å². The number of amides is 1. The fraction of sp³-hybridized carbons (Fsp3) is 0.588. The number of piperidine rings is 1. The van der Waals surface area contributed by atoms with Gasteiger partial charge >= 0.3 is 0 Å². The molecule has 0 N–H and O–H groups in total. The van der Waals surface area contributed by atoms with E-state index in [4.69, 9.17) is 0 Å². The molecular weight excluding hydrogens is 234 g/mol. The van der Waals surface area contributed by atoms with Gasteiger partial charge in [0.1, 0.15) is 0 Å². The molecule has 0 radical (unpaired) electrons. The summed E-state index contributed by atoms with van der Waals surface area (Å²) in [5.74, 6) is 1.72. The third-order valence-corrected chi connectivity index (χ3v) is 4.52. The van der Waals surface area contributed by atoms with Gasteiger partial charge in [-0.1, -0.05) is 19.9 Å². The third-order valence-electron chi connectivity index (χ3n) is 4.52. The number of benzene rings is 1. The van der Waals surface area contributed by atoms with Crippen LogP contribution < -0.4 is 0 Å². The van der Waals surface area contributed by atoms with Gasteiger partial charge in [-0.25, -0.2) is 0 Å². The Kier molecular flexibility index (Phi) is 4.28. The molecule has 0 unspecified atom stereocenters. The van der Waals surface area contributed by atoms with Crippen molar-refractivity contribution in [2.75, 3.05) is 13.1 Å². The molecule has 1 amide bonds. The van der Waals surface area contributed by atoms with E-state index in [1.165, 1.54) is 11.1 Å². The Bertz CT molecular complexity index is 456. The molecule has 1 aliphatic heterocycles. The summed E-state index contributed by atoms with van der Waals surface area (Å²) in [6.45, 7) is 10.5. The number of hydrogen-bond acceptors (Lipinski definition) is 1. The first-order valence-electron chi connectivity index (χ1n) is 7.35. The smallest absolute Gasteiger partial charge is 0.253 e. The second-order valence-electron chi connectivity index (χ2n) is 6.17. The first-order valence-corrected chi connectivity index (χ1v) is 7.35. The number of likely N-dealkylation sites (tertiary alicyclic amines) is 1. The van der Waals surface area contributed by atoms with E-state index >= 15 is 0 Å². The fourth-order valence-corrected chi connectivity index (χ4v) is 2.83. The monoisotopic (exact) mass is 259 g/mol. The summed E-state index contributed by atoms with van der Waals surface area (Å²) in [6, 6.07) is 6.02. The predicted molar refractivity (Wildman–Crippen MR) is 79.4 cm³/mol. The molecule has 0 bridgehead atoms. The van der Waals surface area contributed by atoms with E-state index in [9.17, 15) is 4.79 Å². The second kappa shape index (κ2) is 5.77. The SMILES string of the molecule is Cc1ccc(C(=O)N2CCC(C(C)C)CC2)cc1C. The van der Waals surface area contributed by atoms with Gasteiger partial charge in [0.05, 0.1) is 0 Å². The van der Waals surface area contributed by atoms with Crippen LogP contribution >= 0.6 is 0 Å². The highest BCUT2D eigenvalue weighted by Gasteiger charge is 2.25. The first kappa shape index (κ1) is 14.1. The second-order valence-corrected chi connectivity index (χ2v) is 6.17. The molecule has 1 heterocycles. The van der Waals surface area contributed by atoms with Crippen LogP contribution in [-0.2, 0) is 0 Å². The molecule has 2 nitrogen and oxygen atoms in total. The molecule has 1 aromatic rings. The predicted octanol–water partition coefficient (Wildman–Crippen LogP) is 3.81. The Labute approximate surface area is 116 Å². The summed E-state index contributed by atoms with van der Waals surface area (Å²) in [7, 11) is 0. The van der Waals surface area contributed by atoms with E-state index < -0.39 is 0 Å². The zero-order chi connectivity index (χ0) is 14.0. The van der Waals surface area contributed by atoms with Crippen molar-refractivity contribution in [3.8, 4) is 0 Å². The Morgan fingerprint density at radius 1 is 1.16 bits per heavy atom. The fourth-order valence-electron chi connectivity index (χ4n) is 2.83. The molecule has 2 heteroatoms. The van der Waals surface area contributed by atoms with Crippen LogP contribution in [0.15, 0.2) is 18.2 Å². The van der Waals surface area contributed by atoms with E-state index in [-0.39, 0.29) is 5.91 Å². The minimum atomic E-state index is 0.199. The molecule has 1 aliphatic rings. The zero-order valence-electron chi connectivity index (χ0n) is 12.6. The zero-order valence-corrected chi connectivity index (χ0v) is 12.6. The minimum Gasteiger partial charge on any atom is -0.339 e. The highest BCUT2D eigenvalue weighted by molar-refractivity contribution is 5.94. The number of nitrogens with zero attached hydrogens (tertiary/aromatic N) is 1. The van der Waals surface area contributed by atoms with Crippen molar-refractivity contribution in [3.63, 3.8) is 0 Å². The quantitative estimate of drug-likeness (QED) is 0.791. The van der Waals surface area contributed by atoms with Crippen molar-refractivity contribution in [3.05, 3.63) is 34.9 Å². The lowest BCUT2D eigenvalue weighted by molar-refractivity contribution is 0.0667. The summed E-state index contributed by atoms with van der Waals surface area (Å²) < 4.78 is 0. The van der Waals surface area contributed by atoms with Crippen LogP contribution in [0, 0.1) is 25.7 Å². The number of hydrogen-bond donors (Lipinski definition) is 0. The van der Waals surface area contributed by atoms with Crippen molar-refractivity contribution in [1.29, 1.82) is 0 Å². The molecule has 2 rings (SSSR count). The molecule has 0 aliphatic carbocycles. The topological polar surface area (TPSA) is 20.3 Å². The average Bonchev–Trinajstić information content (AvgIpc) is 2.41. The van der Waals surface area contributed by atoms with E-state index in [2.05, 4.69) is 27.7 Å². The highest BCUT2D eigenvalue weighted by atomic mass is 16.2. The number of rotatable bonds is 2. The average molecular weight is 259 g/mol. The molecular formula is C17H25NO. The lowest BCUT2D eigenvalue weighted by Crippen LogP contribution is -2.39. The largest absolute Gasteiger partial charge is 0.339 e. The Morgan fingerprint density at radius 3 is 2.32 bits per heavy atom.